The van der Waals surface area contributed by atoms with Crippen LogP contribution in [-0.4, -0.2) is 49.9 Å². The van der Waals surface area contributed by atoms with E-state index >= 15 is 0 Å². The summed E-state index contributed by atoms with van der Waals surface area (Å²) in [6, 6.07) is 7.93. The number of thiophene rings is 1. The van der Waals surface area contributed by atoms with E-state index in [1.165, 1.54) is 33.8 Å². The van der Waals surface area contributed by atoms with Gasteiger partial charge in [-0.15, -0.1) is 11.3 Å². The van der Waals surface area contributed by atoms with E-state index in [-0.39, 0.29) is 21.5 Å². The number of benzene rings is 1. The molecule has 3 aromatic rings. The number of amides is 1. The third-order valence-corrected chi connectivity index (χ3v) is 7.37. The number of aromatic amines is 1. The molecule has 27 heavy (non-hydrogen) atoms. The van der Waals surface area contributed by atoms with Gasteiger partial charge in [0, 0.05) is 13.1 Å². The summed E-state index contributed by atoms with van der Waals surface area (Å²) >= 11 is 7.69. The van der Waals surface area contributed by atoms with Gasteiger partial charge >= 0.3 is 0 Å². The number of carbonyl (C=O) groups is 1. The molecule has 0 bridgehead atoms. The molecule has 1 aromatic carbocycles. The molecule has 0 aliphatic carbocycles. The molecular formula is C17H16ClN3O4S2. The molecule has 1 aliphatic rings. The number of nitrogens with zero attached hydrogens (tertiary/aromatic N) is 1. The van der Waals surface area contributed by atoms with Crippen LogP contribution in [0.15, 0.2) is 40.6 Å². The Bertz CT molecular complexity index is 1070. The largest absolute Gasteiger partial charge is 0.379 e. The molecule has 2 aromatic heterocycles. The van der Waals surface area contributed by atoms with Crippen molar-refractivity contribution >= 4 is 54.8 Å². The number of anilines is 1. The van der Waals surface area contributed by atoms with E-state index in [4.69, 9.17) is 16.3 Å². The molecule has 1 aliphatic heterocycles. The highest BCUT2D eigenvalue weighted by Crippen LogP contribution is 2.28. The zero-order chi connectivity index (χ0) is 19.0. The predicted octanol–water partition coefficient (Wildman–Crippen LogP) is 3.16. The fourth-order valence-corrected chi connectivity index (χ4v) is 5.24. The van der Waals surface area contributed by atoms with Gasteiger partial charge < -0.3 is 15.0 Å². The summed E-state index contributed by atoms with van der Waals surface area (Å²) in [4.78, 5) is 15.6. The Kier molecular flexibility index (Phi) is 4.95. The van der Waals surface area contributed by atoms with Gasteiger partial charge in [-0.1, -0.05) is 11.6 Å². The highest BCUT2D eigenvalue weighted by molar-refractivity contribution is 7.89. The lowest BCUT2D eigenvalue weighted by Gasteiger charge is -2.26. The summed E-state index contributed by atoms with van der Waals surface area (Å²) in [6.07, 6.45) is 0. The molecule has 0 radical (unpaired) electrons. The van der Waals surface area contributed by atoms with Gasteiger partial charge in [-0.3, -0.25) is 4.79 Å². The molecule has 1 amide bonds. The number of ether oxygens (including phenoxy) is 1. The van der Waals surface area contributed by atoms with Gasteiger partial charge in [0.1, 0.15) is 5.69 Å². The second-order valence-corrected chi connectivity index (χ2v) is 9.29. The minimum Gasteiger partial charge on any atom is -0.379 e. The second kappa shape index (κ2) is 7.25. The zero-order valence-electron chi connectivity index (χ0n) is 14.1. The second-order valence-electron chi connectivity index (χ2n) is 5.99. The highest BCUT2D eigenvalue weighted by Gasteiger charge is 2.27. The standard InChI is InChI=1S/C17H16ClN3O4S2/c18-12-2-1-11(27(23,24)21-4-6-25-7-5-21)9-14(12)20-17(22)15-10-16-13(19-15)3-8-26-16/h1-3,8-10,19H,4-7H2,(H,20,22). The number of carbonyl (C=O) groups excluding carboxylic acids is 1. The Morgan fingerprint density at radius 1 is 1.22 bits per heavy atom. The first-order valence-corrected chi connectivity index (χ1v) is 10.9. The van der Waals surface area contributed by atoms with E-state index < -0.39 is 10.0 Å². The van der Waals surface area contributed by atoms with Crippen molar-refractivity contribution in [2.75, 3.05) is 31.6 Å². The molecule has 0 saturated carbocycles. The minimum atomic E-state index is -3.68. The van der Waals surface area contributed by atoms with E-state index in [1.54, 1.807) is 6.07 Å². The van der Waals surface area contributed by atoms with Gasteiger partial charge in [0.25, 0.3) is 5.91 Å². The maximum atomic E-state index is 12.8. The quantitative estimate of drug-likeness (QED) is 0.671. The minimum absolute atomic E-state index is 0.0802. The summed E-state index contributed by atoms with van der Waals surface area (Å²) in [5, 5.41) is 4.88. The first kappa shape index (κ1) is 18.5. The van der Waals surface area contributed by atoms with Crippen LogP contribution in [0.2, 0.25) is 5.02 Å². The van der Waals surface area contributed by atoms with E-state index in [1.807, 2.05) is 11.4 Å². The van der Waals surface area contributed by atoms with Crippen LogP contribution < -0.4 is 5.32 Å². The van der Waals surface area contributed by atoms with Crippen molar-refractivity contribution in [3.05, 3.63) is 46.4 Å². The topological polar surface area (TPSA) is 91.5 Å². The number of nitrogens with one attached hydrogen (secondary N) is 2. The van der Waals surface area contributed by atoms with Crippen LogP contribution in [0.4, 0.5) is 5.69 Å². The third kappa shape index (κ3) is 3.61. The summed E-state index contributed by atoms with van der Waals surface area (Å²) < 4.78 is 33.1. The number of hydrogen-bond acceptors (Lipinski definition) is 5. The van der Waals surface area contributed by atoms with Crippen LogP contribution in [-0.2, 0) is 14.8 Å². The van der Waals surface area contributed by atoms with Crippen LogP contribution in [0.3, 0.4) is 0 Å². The predicted molar refractivity (Wildman–Crippen MR) is 105 cm³/mol. The van der Waals surface area contributed by atoms with E-state index in [0.29, 0.717) is 32.0 Å². The molecule has 4 rings (SSSR count). The van der Waals surface area contributed by atoms with Crippen molar-refractivity contribution in [1.82, 2.24) is 9.29 Å². The number of sulfonamides is 1. The lowest BCUT2D eigenvalue weighted by Crippen LogP contribution is -2.40. The Hall–Kier alpha value is -1.91. The first-order valence-electron chi connectivity index (χ1n) is 8.20. The molecule has 0 unspecified atom stereocenters. The normalized spacial score (nSPS) is 15.9. The van der Waals surface area contributed by atoms with Crippen LogP contribution in [0.5, 0.6) is 0 Å². The number of H-pyrrole nitrogens is 1. The third-order valence-electron chi connectivity index (χ3n) is 4.28. The average molecular weight is 426 g/mol. The van der Waals surface area contributed by atoms with Gasteiger partial charge in [-0.2, -0.15) is 4.31 Å². The van der Waals surface area contributed by atoms with Gasteiger partial charge in [-0.25, -0.2) is 8.42 Å². The van der Waals surface area contributed by atoms with Crippen molar-refractivity contribution in [3.63, 3.8) is 0 Å². The number of rotatable bonds is 4. The molecule has 142 valence electrons. The molecule has 1 fully saturated rings. The van der Waals surface area contributed by atoms with Crippen LogP contribution in [0.1, 0.15) is 10.5 Å². The molecule has 3 heterocycles. The van der Waals surface area contributed by atoms with Crippen molar-refractivity contribution in [3.8, 4) is 0 Å². The van der Waals surface area contributed by atoms with Gasteiger partial charge in [0.2, 0.25) is 10.0 Å². The number of fused-ring (bicyclic) bond motifs is 1. The van der Waals surface area contributed by atoms with Crippen LogP contribution in [0, 0.1) is 0 Å². The summed E-state index contributed by atoms with van der Waals surface area (Å²) in [5.41, 5.74) is 1.50. The smallest absolute Gasteiger partial charge is 0.272 e. The lowest BCUT2D eigenvalue weighted by atomic mass is 10.3. The molecule has 0 atom stereocenters. The SMILES string of the molecule is O=C(Nc1cc(S(=O)(=O)N2CCOCC2)ccc1Cl)c1cc2sccc2[nH]1. The van der Waals surface area contributed by atoms with Crippen LogP contribution in [0.25, 0.3) is 10.2 Å². The molecule has 2 N–H and O–H groups in total. The van der Waals surface area contributed by atoms with E-state index in [9.17, 15) is 13.2 Å². The molecule has 1 saturated heterocycles. The first-order chi connectivity index (χ1) is 12.9. The molecule has 10 heteroatoms. The fraction of sp³-hybridized carbons (Fsp3) is 0.235. The lowest BCUT2D eigenvalue weighted by molar-refractivity contribution is 0.0730. The van der Waals surface area contributed by atoms with E-state index in [0.717, 1.165) is 10.2 Å². The molecular weight excluding hydrogens is 410 g/mol. The maximum absolute atomic E-state index is 12.8. The maximum Gasteiger partial charge on any atom is 0.272 e. The zero-order valence-corrected chi connectivity index (χ0v) is 16.5. The van der Waals surface area contributed by atoms with Gasteiger partial charge in [0.15, 0.2) is 0 Å². The molecule has 7 nitrogen and oxygen atoms in total. The number of hydrogen-bond donors (Lipinski definition) is 2. The average Bonchev–Trinajstić information content (AvgIpc) is 3.26. The van der Waals surface area contributed by atoms with Crippen LogP contribution >= 0.6 is 22.9 Å². The Balaban J connectivity index is 1.60. The van der Waals surface area contributed by atoms with Crippen molar-refractivity contribution in [1.29, 1.82) is 0 Å². The van der Waals surface area contributed by atoms with E-state index in [2.05, 4.69) is 10.3 Å². The Morgan fingerprint density at radius 2 is 2.00 bits per heavy atom. The Labute approximate surface area is 164 Å². The molecule has 0 spiro atoms. The summed E-state index contributed by atoms with van der Waals surface area (Å²) in [7, 11) is -3.68. The number of morpholine rings is 1. The number of halogens is 1. The Morgan fingerprint density at radius 3 is 2.74 bits per heavy atom. The van der Waals surface area contributed by atoms with Crippen molar-refractivity contribution < 1.29 is 17.9 Å². The highest BCUT2D eigenvalue weighted by atomic mass is 35.5. The summed E-state index contributed by atoms with van der Waals surface area (Å²) in [5.74, 6) is -0.388. The van der Waals surface area contributed by atoms with Gasteiger partial charge in [0.05, 0.1) is 39.0 Å². The van der Waals surface area contributed by atoms with Gasteiger partial charge in [-0.05, 0) is 35.7 Å². The number of aromatic nitrogens is 1. The van der Waals surface area contributed by atoms with Crippen molar-refractivity contribution in [2.24, 2.45) is 0 Å². The fourth-order valence-electron chi connectivity index (χ4n) is 2.86. The van der Waals surface area contributed by atoms with Crippen molar-refractivity contribution in [2.45, 2.75) is 4.90 Å². The summed E-state index contributed by atoms with van der Waals surface area (Å²) in [6.45, 7) is 1.32. The monoisotopic (exact) mass is 425 g/mol.